The fraction of sp³-hybridized carbons (Fsp3) is 0.333. The maximum atomic E-state index is 9.86. The lowest BCUT2D eigenvalue weighted by Crippen LogP contribution is -2.32. The van der Waals surface area contributed by atoms with Gasteiger partial charge in [-0.3, -0.25) is 0 Å². The van der Waals surface area contributed by atoms with Crippen molar-refractivity contribution in [2.75, 3.05) is 6.54 Å². The van der Waals surface area contributed by atoms with Crippen LogP contribution in [-0.4, -0.2) is 33.0 Å². The van der Waals surface area contributed by atoms with E-state index in [-0.39, 0.29) is 54.2 Å². The number of benzene rings is 2. The first-order chi connectivity index (χ1) is 11.5. The number of ether oxygens (including phenoxy) is 1. The van der Waals surface area contributed by atoms with Gasteiger partial charge in [0.25, 0.3) is 0 Å². The molecule has 0 fully saturated rings. The zero-order valence-corrected chi connectivity index (χ0v) is 14.6. The van der Waals surface area contributed by atoms with Crippen molar-refractivity contribution in [2.45, 2.75) is 32.1 Å². The Bertz CT molecular complexity index is 752. The number of halogens is 1. The van der Waals surface area contributed by atoms with E-state index in [1.54, 1.807) is 18.2 Å². The van der Waals surface area contributed by atoms with E-state index < -0.39 is 0 Å². The van der Waals surface area contributed by atoms with Crippen LogP contribution in [-0.2, 0) is 17.8 Å². The van der Waals surface area contributed by atoms with Crippen LogP contribution < -0.4 is 5.32 Å². The normalized spacial score (nSPS) is 16.9. The molecule has 0 radical (unpaired) electrons. The summed E-state index contributed by atoms with van der Waals surface area (Å²) in [5, 5.41) is 41.6. The van der Waals surface area contributed by atoms with Gasteiger partial charge in [0, 0.05) is 18.2 Å². The smallest absolute Gasteiger partial charge is 0.163 e. The van der Waals surface area contributed by atoms with E-state index in [2.05, 4.69) is 5.32 Å². The number of rotatable bonds is 5. The summed E-state index contributed by atoms with van der Waals surface area (Å²) < 4.78 is 5.69. The fourth-order valence-electron chi connectivity index (χ4n) is 2.97. The van der Waals surface area contributed by atoms with Crippen molar-refractivity contribution in [1.82, 2.24) is 5.32 Å². The van der Waals surface area contributed by atoms with Crippen LogP contribution in [0.15, 0.2) is 30.3 Å². The molecule has 6 nitrogen and oxygen atoms in total. The van der Waals surface area contributed by atoms with Gasteiger partial charge in [0.1, 0.15) is 0 Å². The van der Waals surface area contributed by atoms with Crippen LogP contribution in [0.25, 0.3) is 0 Å². The summed E-state index contributed by atoms with van der Waals surface area (Å²) >= 11 is 0. The molecular formula is C18H22ClNO5. The van der Waals surface area contributed by atoms with Crippen LogP contribution in [0.3, 0.4) is 0 Å². The minimum absolute atomic E-state index is 0. The van der Waals surface area contributed by atoms with E-state index >= 15 is 0 Å². The van der Waals surface area contributed by atoms with E-state index in [9.17, 15) is 20.4 Å². The maximum Gasteiger partial charge on any atom is 0.163 e. The molecule has 25 heavy (non-hydrogen) atoms. The highest BCUT2D eigenvalue weighted by Gasteiger charge is 2.27. The molecule has 0 bridgehead atoms. The van der Waals surface area contributed by atoms with Gasteiger partial charge in [-0.2, -0.15) is 0 Å². The molecule has 1 aliphatic rings. The molecule has 7 heteroatoms. The highest BCUT2D eigenvalue weighted by molar-refractivity contribution is 5.85. The Morgan fingerprint density at radius 2 is 1.80 bits per heavy atom. The summed E-state index contributed by atoms with van der Waals surface area (Å²) in [6, 6.07) is 8.17. The van der Waals surface area contributed by atoms with Crippen molar-refractivity contribution in [1.29, 1.82) is 0 Å². The van der Waals surface area contributed by atoms with Crippen LogP contribution in [0.2, 0.25) is 0 Å². The summed E-state index contributed by atoms with van der Waals surface area (Å²) in [6.45, 7) is 2.87. The molecule has 5 N–H and O–H groups in total. The third-order valence-electron chi connectivity index (χ3n) is 4.31. The number of nitrogens with one attached hydrogen (secondary N) is 1. The molecule has 2 atom stereocenters. The Hall–Kier alpha value is -2.15. The molecule has 0 saturated heterocycles. The van der Waals surface area contributed by atoms with E-state index in [1.807, 2.05) is 6.92 Å². The van der Waals surface area contributed by atoms with Crippen LogP contribution in [0.4, 0.5) is 0 Å². The lowest BCUT2D eigenvalue weighted by molar-refractivity contribution is 0.0638. The molecular weight excluding hydrogens is 346 g/mol. The zero-order chi connectivity index (χ0) is 17.3. The average Bonchev–Trinajstić information content (AvgIpc) is 2.96. The van der Waals surface area contributed by atoms with Crippen molar-refractivity contribution in [2.24, 2.45) is 0 Å². The van der Waals surface area contributed by atoms with Crippen molar-refractivity contribution < 1.29 is 25.2 Å². The molecule has 1 heterocycles. The first-order valence-corrected chi connectivity index (χ1v) is 7.85. The molecule has 0 saturated carbocycles. The molecule has 0 aliphatic carbocycles. The van der Waals surface area contributed by atoms with Crippen LogP contribution in [0, 0.1) is 0 Å². The van der Waals surface area contributed by atoms with Crippen LogP contribution >= 0.6 is 12.4 Å². The number of hydrogen-bond donors (Lipinski definition) is 5. The van der Waals surface area contributed by atoms with Gasteiger partial charge in [0.05, 0.1) is 12.7 Å². The second-order valence-electron chi connectivity index (χ2n) is 6.14. The number of phenolic OH excluding ortho intramolecular Hbond substituents is 4. The minimum Gasteiger partial charge on any atom is -0.504 e. The molecule has 0 amide bonds. The van der Waals surface area contributed by atoms with Gasteiger partial charge in [-0.1, -0.05) is 12.1 Å². The Labute approximate surface area is 152 Å². The number of hydrogen-bond acceptors (Lipinski definition) is 6. The largest absolute Gasteiger partial charge is 0.504 e. The van der Waals surface area contributed by atoms with Gasteiger partial charge in [-0.05, 0) is 42.7 Å². The van der Waals surface area contributed by atoms with Crippen LogP contribution in [0.5, 0.6) is 23.0 Å². The summed E-state index contributed by atoms with van der Waals surface area (Å²) in [4.78, 5) is 0. The highest BCUT2D eigenvalue weighted by Crippen LogP contribution is 2.40. The molecule has 3 rings (SSSR count). The fourth-order valence-corrected chi connectivity index (χ4v) is 2.97. The van der Waals surface area contributed by atoms with E-state index in [1.165, 1.54) is 12.1 Å². The number of phenols is 4. The topological polar surface area (TPSA) is 102 Å². The molecule has 2 unspecified atom stereocenters. The lowest BCUT2D eigenvalue weighted by Gasteiger charge is -2.18. The van der Waals surface area contributed by atoms with Crippen molar-refractivity contribution >= 4 is 12.4 Å². The predicted octanol–water partition coefficient (Wildman–Crippen LogP) is 2.72. The Morgan fingerprint density at radius 3 is 2.52 bits per heavy atom. The van der Waals surface area contributed by atoms with Crippen molar-refractivity contribution in [3.8, 4) is 23.0 Å². The molecule has 2 aromatic rings. The van der Waals surface area contributed by atoms with Gasteiger partial charge in [0.2, 0.25) is 0 Å². The minimum atomic E-state index is -0.179. The third kappa shape index (κ3) is 4.10. The van der Waals surface area contributed by atoms with Gasteiger partial charge >= 0.3 is 0 Å². The second kappa shape index (κ2) is 7.82. The summed E-state index contributed by atoms with van der Waals surface area (Å²) in [7, 11) is 0. The molecule has 2 aromatic carbocycles. The van der Waals surface area contributed by atoms with Gasteiger partial charge in [-0.15, -0.1) is 12.4 Å². The average molecular weight is 368 g/mol. The lowest BCUT2D eigenvalue weighted by atomic mass is 10.0. The molecule has 0 spiro atoms. The van der Waals surface area contributed by atoms with Gasteiger partial charge in [0.15, 0.2) is 23.0 Å². The third-order valence-corrected chi connectivity index (χ3v) is 4.31. The monoisotopic (exact) mass is 367 g/mol. The summed E-state index contributed by atoms with van der Waals surface area (Å²) in [5.41, 5.74) is 2.44. The summed E-state index contributed by atoms with van der Waals surface area (Å²) in [6.07, 6.45) is 0.510. The van der Waals surface area contributed by atoms with E-state index in [4.69, 9.17) is 4.74 Å². The van der Waals surface area contributed by atoms with E-state index in [0.29, 0.717) is 18.5 Å². The predicted molar refractivity (Wildman–Crippen MR) is 95.5 cm³/mol. The number of fused-ring (bicyclic) bond motifs is 1. The van der Waals surface area contributed by atoms with Gasteiger partial charge in [-0.25, -0.2) is 0 Å². The summed E-state index contributed by atoms with van der Waals surface area (Å²) in [5.74, 6) is -0.490. The van der Waals surface area contributed by atoms with Gasteiger partial charge < -0.3 is 30.5 Å². The van der Waals surface area contributed by atoms with Crippen molar-refractivity contribution in [3.63, 3.8) is 0 Å². The Balaban J connectivity index is 0.00000225. The second-order valence-corrected chi connectivity index (χ2v) is 6.14. The molecule has 0 aromatic heterocycles. The Kier molecular flexibility index (Phi) is 6.00. The Morgan fingerprint density at radius 1 is 1.08 bits per heavy atom. The van der Waals surface area contributed by atoms with Crippen molar-refractivity contribution in [3.05, 3.63) is 47.0 Å². The maximum absolute atomic E-state index is 9.86. The first kappa shape index (κ1) is 19.2. The highest BCUT2D eigenvalue weighted by atomic mass is 35.5. The zero-order valence-electron chi connectivity index (χ0n) is 13.8. The first-order valence-electron chi connectivity index (χ1n) is 7.85. The van der Waals surface area contributed by atoms with E-state index in [0.717, 1.165) is 11.1 Å². The molecule has 136 valence electrons. The molecule has 1 aliphatic heterocycles. The quantitative estimate of drug-likeness (QED) is 0.521. The SMILES string of the molecule is CC(Cc1ccc(O)c(O)c1)NCC1OCc2c1ccc(O)c2O.Cl. The van der Waals surface area contributed by atoms with Crippen LogP contribution in [0.1, 0.15) is 29.7 Å². The number of aromatic hydroxyl groups is 4. The standard InChI is InChI=1S/C18H21NO5.ClH/c1-10(6-11-2-4-14(20)16(22)7-11)19-8-17-12-3-5-15(21)18(23)13(12)9-24-17;/h2-5,7,10,17,19-23H,6,8-9H2,1H3;1H.